The van der Waals surface area contributed by atoms with Gasteiger partial charge < -0.3 is 20.9 Å². The van der Waals surface area contributed by atoms with Crippen LogP contribution in [0.25, 0.3) is 0 Å². The highest BCUT2D eigenvalue weighted by molar-refractivity contribution is 5.60. The molecule has 3 saturated heterocycles. The second-order valence-electron chi connectivity index (χ2n) is 9.08. The number of nitrogens with one attached hydrogen (secondary N) is 4. The molecule has 0 amide bonds. The zero-order valence-electron chi connectivity index (χ0n) is 18.6. The molecule has 0 aliphatic carbocycles. The molecule has 3 aliphatic heterocycles. The van der Waals surface area contributed by atoms with E-state index in [-0.39, 0.29) is 0 Å². The van der Waals surface area contributed by atoms with Crippen molar-refractivity contribution in [3.63, 3.8) is 0 Å². The summed E-state index contributed by atoms with van der Waals surface area (Å²) in [4.78, 5) is 14.5. The number of anilines is 4. The highest BCUT2D eigenvalue weighted by Crippen LogP contribution is 2.36. The van der Waals surface area contributed by atoms with Crippen LogP contribution in [0.2, 0.25) is 0 Å². The maximum atomic E-state index is 8.98. The molecular weight excluding hydrogens is 404 g/mol. The minimum Gasteiger partial charge on any atom is -0.354 e. The van der Waals surface area contributed by atoms with E-state index in [1.54, 1.807) is 0 Å². The smallest absolute Gasteiger partial charge is 0.226 e. The van der Waals surface area contributed by atoms with Crippen LogP contribution < -0.4 is 20.9 Å². The Morgan fingerprint density at radius 3 is 2.59 bits per heavy atom. The molecule has 2 bridgehead atoms. The van der Waals surface area contributed by atoms with Crippen molar-refractivity contribution in [3.05, 3.63) is 17.8 Å². The molecular formula is C22H32N10. The second-order valence-corrected chi connectivity index (χ2v) is 9.08. The van der Waals surface area contributed by atoms with Crippen molar-refractivity contribution in [1.82, 2.24) is 30.4 Å². The molecule has 0 radical (unpaired) electrons. The SMILES string of the molecule is Cc1cc(Nc2cc(N3CCNCC3)nc(NC3C[C@H]4CC[C@@H](C3)N4CCC#N)n2)n[nH]1. The lowest BCUT2D eigenvalue weighted by Crippen LogP contribution is -2.47. The third-order valence-electron chi connectivity index (χ3n) is 6.82. The number of nitrogens with zero attached hydrogens (tertiary/aromatic N) is 6. The minimum atomic E-state index is 0.351. The fraction of sp³-hybridized carbons (Fsp3) is 0.636. The summed E-state index contributed by atoms with van der Waals surface area (Å²) in [7, 11) is 0. The van der Waals surface area contributed by atoms with E-state index in [0.29, 0.717) is 30.5 Å². The molecule has 4 N–H and O–H groups in total. The average Bonchev–Trinajstić information content (AvgIpc) is 3.31. The molecule has 1 unspecified atom stereocenters. The number of piperazine rings is 1. The van der Waals surface area contributed by atoms with E-state index >= 15 is 0 Å². The third kappa shape index (κ3) is 4.64. The van der Waals surface area contributed by atoms with E-state index in [0.717, 1.165) is 68.7 Å². The van der Waals surface area contributed by atoms with Gasteiger partial charge in [-0.25, -0.2) is 0 Å². The number of aryl methyl sites for hydroxylation is 1. The topological polar surface area (TPSA) is 121 Å². The van der Waals surface area contributed by atoms with Crippen LogP contribution >= 0.6 is 0 Å². The Hall–Kier alpha value is -2.90. The summed E-state index contributed by atoms with van der Waals surface area (Å²) < 4.78 is 0. The number of nitriles is 1. The van der Waals surface area contributed by atoms with E-state index < -0.39 is 0 Å². The summed E-state index contributed by atoms with van der Waals surface area (Å²) in [6.07, 6.45) is 5.21. The molecule has 2 aromatic rings. The maximum absolute atomic E-state index is 8.98. The number of H-pyrrole nitrogens is 1. The van der Waals surface area contributed by atoms with Crippen LogP contribution in [0, 0.1) is 18.3 Å². The van der Waals surface area contributed by atoms with E-state index in [1.165, 1.54) is 12.8 Å². The highest BCUT2D eigenvalue weighted by Gasteiger charge is 2.40. The van der Waals surface area contributed by atoms with Gasteiger partial charge in [0.25, 0.3) is 0 Å². The van der Waals surface area contributed by atoms with Gasteiger partial charge in [0, 0.05) is 75.1 Å². The molecule has 10 heteroatoms. The van der Waals surface area contributed by atoms with Crippen molar-refractivity contribution in [2.45, 2.75) is 57.2 Å². The number of hydrogen-bond acceptors (Lipinski definition) is 9. The number of fused-ring (bicyclic) bond motifs is 2. The quantitative estimate of drug-likeness (QED) is 0.516. The molecule has 5 rings (SSSR count). The standard InChI is InChI=1S/C22H32N10/c1-15-11-20(30-29-15)26-19-14-21(31-9-6-24-7-10-31)28-22(27-19)25-16-12-17-3-4-18(13-16)32(17)8-2-5-23/h11,14,16-18,24H,2-4,6-10,12-13H2,1H3,(H3,25,26,27,28,29,30)/t16?,17-,18+. The van der Waals surface area contributed by atoms with Crippen LogP contribution in [0.1, 0.15) is 37.8 Å². The number of aromatic nitrogens is 4. The lowest BCUT2D eigenvalue weighted by Gasteiger charge is -2.39. The third-order valence-corrected chi connectivity index (χ3v) is 6.82. The van der Waals surface area contributed by atoms with Gasteiger partial charge in [0.05, 0.1) is 6.07 Å². The Morgan fingerprint density at radius 2 is 1.91 bits per heavy atom. The summed E-state index contributed by atoms with van der Waals surface area (Å²) in [5, 5.41) is 26.6. The molecule has 0 saturated carbocycles. The van der Waals surface area contributed by atoms with Gasteiger partial charge in [-0.3, -0.25) is 10.00 Å². The first-order valence-corrected chi connectivity index (χ1v) is 11.7. The van der Waals surface area contributed by atoms with E-state index in [9.17, 15) is 0 Å². The van der Waals surface area contributed by atoms with E-state index in [4.69, 9.17) is 15.2 Å². The largest absolute Gasteiger partial charge is 0.354 e. The zero-order chi connectivity index (χ0) is 21.9. The molecule has 0 aromatic carbocycles. The van der Waals surface area contributed by atoms with Gasteiger partial charge in [-0.15, -0.1) is 0 Å². The predicted octanol–water partition coefficient (Wildman–Crippen LogP) is 1.98. The van der Waals surface area contributed by atoms with Crippen LogP contribution in [0.4, 0.5) is 23.4 Å². The normalized spacial score (nSPS) is 25.5. The summed E-state index contributed by atoms with van der Waals surface area (Å²) >= 11 is 0. The van der Waals surface area contributed by atoms with Gasteiger partial charge in [-0.2, -0.15) is 20.3 Å². The van der Waals surface area contributed by atoms with Gasteiger partial charge in [0.1, 0.15) is 11.6 Å². The lowest BCUT2D eigenvalue weighted by molar-refractivity contribution is 0.135. The highest BCUT2D eigenvalue weighted by atomic mass is 15.3. The Morgan fingerprint density at radius 1 is 1.12 bits per heavy atom. The molecule has 5 heterocycles. The fourth-order valence-corrected chi connectivity index (χ4v) is 5.35. The van der Waals surface area contributed by atoms with Gasteiger partial charge in [0.15, 0.2) is 5.82 Å². The van der Waals surface area contributed by atoms with Crippen LogP contribution in [-0.2, 0) is 0 Å². The monoisotopic (exact) mass is 436 g/mol. The number of piperidine rings is 1. The molecule has 2 aromatic heterocycles. The van der Waals surface area contributed by atoms with Crippen LogP contribution in [0.3, 0.4) is 0 Å². The van der Waals surface area contributed by atoms with Crippen molar-refractivity contribution >= 4 is 23.4 Å². The molecule has 170 valence electrons. The molecule has 3 aliphatic rings. The Bertz CT molecular complexity index is 946. The number of rotatable bonds is 7. The summed E-state index contributed by atoms with van der Waals surface area (Å²) in [5.74, 6) is 3.11. The van der Waals surface area contributed by atoms with Crippen molar-refractivity contribution < 1.29 is 0 Å². The summed E-state index contributed by atoms with van der Waals surface area (Å²) in [6.45, 7) is 6.65. The van der Waals surface area contributed by atoms with Crippen LogP contribution in [0.5, 0.6) is 0 Å². The lowest BCUT2D eigenvalue weighted by atomic mass is 9.97. The number of aromatic amines is 1. The Kier molecular flexibility index (Phi) is 6.10. The van der Waals surface area contributed by atoms with Gasteiger partial charge >= 0.3 is 0 Å². The summed E-state index contributed by atoms with van der Waals surface area (Å²) in [5.41, 5.74) is 1.00. The summed E-state index contributed by atoms with van der Waals surface area (Å²) in [6, 6.07) is 7.74. The van der Waals surface area contributed by atoms with Crippen molar-refractivity contribution in [2.75, 3.05) is 48.3 Å². The molecule has 3 atom stereocenters. The van der Waals surface area contributed by atoms with E-state index in [2.05, 4.69) is 42.0 Å². The maximum Gasteiger partial charge on any atom is 0.226 e. The van der Waals surface area contributed by atoms with Crippen LogP contribution in [-0.4, -0.2) is 75.9 Å². The molecule has 10 nitrogen and oxygen atoms in total. The van der Waals surface area contributed by atoms with Crippen molar-refractivity contribution in [2.24, 2.45) is 0 Å². The Labute approximate surface area is 188 Å². The average molecular weight is 437 g/mol. The fourth-order valence-electron chi connectivity index (χ4n) is 5.35. The molecule has 32 heavy (non-hydrogen) atoms. The van der Waals surface area contributed by atoms with Gasteiger partial charge in [0.2, 0.25) is 5.95 Å². The van der Waals surface area contributed by atoms with Crippen LogP contribution in [0.15, 0.2) is 12.1 Å². The molecule has 3 fully saturated rings. The predicted molar refractivity (Wildman–Crippen MR) is 124 cm³/mol. The zero-order valence-corrected chi connectivity index (χ0v) is 18.6. The van der Waals surface area contributed by atoms with E-state index in [1.807, 2.05) is 19.1 Å². The minimum absolute atomic E-state index is 0.351. The molecule has 0 spiro atoms. The number of hydrogen-bond donors (Lipinski definition) is 4. The van der Waals surface area contributed by atoms with Crippen molar-refractivity contribution in [3.8, 4) is 6.07 Å². The first-order chi connectivity index (χ1) is 15.7. The first-order valence-electron chi connectivity index (χ1n) is 11.7. The van der Waals surface area contributed by atoms with Crippen molar-refractivity contribution in [1.29, 1.82) is 5.26 Å². The second kappa shape index (κ2) is 9.30. The van der Waals surface area contributed by atoms with Gasteiger partial charge in [-0.1, -0.05) is 0 Å². The first kappa shape index (κ1) is 21.0. The Balaban J connectivity index is 1.33. The van der Waals surface area contributed by atoms with Gasteiger partial charge in [-0.05, 0) is 32.6 Å².